The van der Waals surface area contributed by atoms with Crippen molar-refractivity contribution >= 4 is 24.3 Å². The molecule has 0 spiro atoms. The quantitative estimate of drug-likeness (QED) is 0.728. The predicted octanol–water partition coefficient (Wildman–Crippen LogP) is 2.40. The van der Waals surface area contributed by atoms with Crippen LogP contribution in [0.4, 0.5) is 13.2 Å². The number of hydrogen-bond donors (Lipinski definition) is 0. The average Bonchev–Trinajstić information content (AvgIpc) is 2.34. The maximum Gasteiger partial charge on any atom is 0.199 e. The smallest absolute Gasteiger partial charge is 0.199 e. The van der Waals surface area contributed by atoms with Crippen LogP contribution in [0.2, 0.25) is 0 Å². The van der Waals surface area contributed by atoms with Crippen molar-refractivity contribution < 1.29 is 13.2 Å². The van der Waals surface area contributed by atoms with Gasteiger partial charge in [-0.05, 0) is 11.0 Å². The Hall–Kier alpha value is -1.97. The van der Waals surface area contributed by atoms with Crippen LogP contribution in [0.1, 0.15) is 5.56 Å². The first-order chi connectivity index (χ1) is 8.60. The molecule has 2 rings (SSSR count). The van der Waals surface area contributed by atoms with Crippen molar-refractivity contribution in [1.82, 2.24) is 0 Å². The first-order valence-corrected chi connectivity index (χ1v) is 5.32. The van der Waals surface area contributed by atoms with Gasteiger partial charge >= 0.3 is 0 Å². The van der Waals surface area contributed by atoms with Gasteiger partial charge in [0.1, 0.15) is 17.5 Å². The molecule has 0 saturated carbocycles. The van der Waals surface area contributed by atoms with Gasteiger partial charge in [-0.25, -0.2) is 13.2 Å². The van der Waals surface area contributed by atoms with Gasteiger partial charge in [-0.1, -0.05) is 42.4 Å². The zero-order valence-corrected chi connectivity index (χ0v) is 9.46. The van der Waals surface area contributed by atoms with Crippen LogP contribution in [0.25, 0.3) is 6.08 Å². The first kappa shape index (κ1) is 12.5. The zero-order chi connectivity index (χ0) is 13.1. The highest BCUT2D eigenvalue weighted by molar-refractivity contribution is 6.67. The van der Waals surface area contributed by atoms with Gasteiger partial charge in [-0.2, -0.15) is 0 Å². The van der Waals surface area contributed by atoms with Crippen molar-refractivity contribution in [3.63, 3.8) is 0 Å². The molecule has 0 aliphatic rings. The molecular formula is C14H9BF3. The van der Waals surface area contributed by atoms with Crippen molar-refractivity contribution in [3.8, 4) is 0 Å². The van der Waals surface area contributed by atoms with Crippen LogP contribution in [-0.2, 0) is 0 Å². The summed E-state index contributed by atoms with van der Waals surface area (Å²) >= 11 is 0. The number of hydrogen-bond acceptors (Lipinski definition) is 0. The molecule has 4 heteroatoms. The van der Waals surface area contributed by atoms with Gasteiger partial charge in [-0.3, -0.25) is 0 Å². The van der Waals surface area contributed by atoms with E-state index in [1.807, 2.05) is 0 Å². The van der Waals surface area contributed by atoms with Crippen LogP contribution in [0.5, 0.6) is 0 Å². The fourth-order valence-electron chi connectivity index (χ4n) is 1.59. The molecule has 0 nitrogen and oxygen atoms in total. The lowest BCUT2D eigenvalue weighted by molar-refractivity contribution is 0.553. The number of halogens is 3. The molecule has 2 aromatic rings. The van der Waals surface area contributed by atoms with Crippen LogP contribution < -0.4 is 10.9 Å². The Morgan fingerprint density at radius 3 is 2.00 bits per heavy atom. The summed E-state index contributed by atoms with van der Waals surface area (Å²) in [7, 11) is 1.33. The van der Waals surface area contributed by atoms with E-state index >= 15 is 0 Å². The maximum atomic E-state index is 13.4. The minimum absolute atomic E-state index is 0.247. The normalized spacial score (nSPS) is 10.2. The van der Waals surface area contributed by atoms with Gasteiger partial charge < -0.3 is 0 Å². The van der Waals surface area contributed by atoms with E-state index in [2.05, 4.69) is 6.58 Å². The van der Waals surface area contributed by atoms with Crippen LogP contribution >= 0.6 is 0 Å². The highest BCUT2D eigenvalue weighted by Crippen LogP contribution is 2.04. The fraction of sp³-hybridized carbons (Fsp3) is 0. The molecule has 0 aliphatic heterocycles. The van der Waals surface area contributed by atoms with E-state index in [-0.39, 0.29) is 5.46 Å². The van der Waals surface area contributed by atoms with Crippen molar-refractivity contribution in [2.45, 2.75) is 0 Å². The molecule has 0 aliphatic carbocycles. The standard InChI is InChI=1S/C14H9BF3/c1-2-9-3-5-10(6-4-9)15-14-12(17)7-11(16)8-13(14)18/h2-8H,1H2. The molecular weight excluding hydrogens is 236 g/mol. The topological polar surface area (TPSA) is 0 Å². The van der Waals surface area contributed by atoms with E-state index < -0.39 is 17.5 Å². The second-order valence-corrected chi connectivity index (χ2v) is 3.80. The first-order valence-electron chi connectivity index (χ1n) is 5.32. The monoisotopic (exact) mass is 245 g/mol. The Kier molecular flexibility index (Phi) is 3.56. The minimum Gasteiger partial charge on any atom is -0.207 e. The molecule has 0 bridgehead atoms. The Labute approximate surface area is 104 Å². The highest BCUT2D eigenvalue weighted by atomic mass is 19.1. The fourth-order valence-corrected chi connectivity index (χ4v) is 1.59. The van der Waals surface area contributed by atoms with E-state index in [9.17, 15) is 13.2 Å². The highest BCUT2D eigenvalue weighted by Gasteiger charge is 2.12. The van der Waals surface area contributed by atoms with Crippen LogP contribution in [0.15, 0.2) is 43.0 Å². The van der Waals surface area contributed by atoms with Crippen molar-refractivity contribution in [2.75, 3.05) is 0 Å². The summed E-state index contributed by atoms with van der Waals surface area (Å²) in [5, 5.41) is 0. The molecule has 0 saturated heterocycles. The summed E-state index contributed by atoms with van der Waals surface area (Å²) in [4.78, 5) is 0. The van der Waals surface area contributed by atoms with E-state index in [0.29, 0.717) is 17.6 Å². The molecule has 0 unspecified atom stereocenters. The van der Waals surface area contributed by atoms with Gasteiger partial charge in [0.05, 0.1) is 0 Å². The zero-order valence-electron chi connectivity index (χ0n) is 9.46. The molecule has 0 N–H and O–H groups in total. The molecule has 2 aromatic carbocycles. The summed E-state index contributed by atoms with van der Waals surface area (Å²) in [6, 6.07) is 8.29. The second-order valence-electron chi connectivity index (χ2n) is 3.80. The summed E-state index contributed by atoms with van der Waals surface area (Å²) in [5.41, 5.74) is 1.29. The van der Waals surface area contributed by atoms with Crippen LogP contribution in [0.3, 0.4) is 0 Å². The number of rotatable bonds is 3. The van der Waals surface area contributed by atoms with Crippen molar-refractivity contribution in [2.24, 2.45) is 0 Å². The summed E-state index contributed by atoms with van der Waals surface area (Å²) in [6.07, 6.45) is 1.67. The third kappa shape index (κ3) is 2.64. The van der Waals surface area contributed by atoms with E-state index in [1.165, 1.54) is 7.28 Å². The predicted molar refractivity (Wildman–Crippen MR) is 67.9 cm³/mol. The SMILES string of the molecule is C=Cc1ccc([B]c2c(F)cc(F)cc2F)cc1. The van der Waals surface area contributed by atoms with E-state index in [4.69, 9.17) is 0 Å². The van der Waals surface area contributed by atoms with Crippen LogP contribution in [0, 0.1) is 17.5 Å². The van der Waals surface area contributed by atoms with Gasteiger partial charge in [0.25, 0.3) is 0 Å². The summed E-state index contributed by atoms with van der Waals surface area (Å²) < 4.78 is 39.6. The summed E-state index contributed by atoms with van der Waals surface area (Å²) in [6.45, 7) is 3.61. The molecule has 0 heterocycles. The van der Waals surface area contributed by atoms with Gasteiger partial charge in [-0.15, -0.1) is 0 Å². The second kappa shape index (κ2) is 5.13. The molecule has 0 aromatic heterocycles. The third-order valence-electron chi connectivity index (χ3n) is 2.53. The van der Waals surface area contributed by atoms with E-state index in [1.54, 1.807) is 30.3 Å². The van der Waals surface area contributed by atoms with Crippen LogP contribution in [-0.4, -0.2) is 7.28 Å². The lowest BCUT2D eigenvalue weighted by atomic mass is 9.63. The minimum atomic E-state index is -0.927. The molecule has 89 valence electrons. The van der Waals surface area contributed by atoms with Crippen molar-refractivity contribution in [1.29, 1.82) is 0 Å². The third-order valence-corrected chi connectivity index (χ3v) is 2.53. The molecule has 0 atom stereocenters. The lowest BCUT2D eigenvalue weighted by Gasteiger charge is -2.05. The molecule has 0 fully saturated rings. The Morgan fingerprint density at radius 2 is 1.50 bits per heavy atom. The molecule has 0 amide bonds. The van der Waals surface area contributed by atoms with Gasteiger partial charge in [0, 0.05) is 12.1 Å². The Balaban J connectivity index is 2.30. The van der Waals surface area contributed by atoms with Crippen molar-refractivity contribution in [3.05, 3.63) is 66.0 Å². The largest absolute Gasteiger partial charge is 0.207 e. The van der Waals surface area contributed by atoms with Gasteiger partial charge in [0.15, 0.2) is 7.28 Å². The van der Waals surface area contributed by atoms with E-state index in [0.717, 1.165) is 5.56 Å². The average molecular weight is 245 g/mol. The summed E-state index contributed by atoms with van der Waals surface area (Å²) in [5.74, 6) is -2.76. The molecule has 18 heavy (non-hydrogen) atoms. The van der Waals surface area contributed by atoms with Gasteiger partial charge in [0.2, 0.25) is 0 Å². The maximum absolute atomic E-state index is 13.4. The Bertz CT molecular complexity index is 553. The lowest BCUT2D eigenvalue weighted by Crippen LogP contribution is -2.32. The molecule has 1 radical (unpaired) electrons. The Morgan fingerprint density at radius 1 is 0.944 bits per heavy atom. The number of benzene rings is 2.